The van der Waals surface area contributed by atoms with Gasteiger partial charge in [-0.15, -0.1) is 0 Å². The van der Waals surface area contributed by atoms with Crippen molar-refractivity contribution in [2.75, 3.05) is 20.6 Å². The molecular weight excluding hydrogens is 878 g/mol. The van der Waals surface area contributed by atoms with Gasteiger partial charge in [0.05, 0.1) is 26.7 Å². The third kappa shape index (κ3) is 61.0. The maximum Gasteiger partial charge on any atom is 0.0886 e. The van der Waals surface area contributed by atoms with Gasteiger partial charge in [0.25, 0.3) is 0 Å². The molecule has 0 spiro atoms. The number of unbranched alkanes of at least 4 members (excludes halogenated alkanes) is 57. The Morgan fingerprint density at radius 2 is 0.310 bits per heavy atom. The van der Waals surface area contributed by atoms with Gasteiger partial charge in [-0.25, -0.2) is 0 Å². The number of halogens is 1. The first-order chi connectivity index (χ1) is 34.6. The fourth-order valence-electron chi connectivity index (χ4n) is 12.1. The molecule has 0 aliphatic heterocycles. The number of nitrogens with zero attached hydrogens (tertiary/aromatic N) is 1. The van der Waals surface area contributed by atoms with Crippen molar-refractivity contribution in [3.63, 3.8) is 0 Å². The summed E-state index contributed by atoms with van der Waals surface area (Å²) in [5, 5.41) is 0. The second-order valence-electron chi connectivity index (χ2n) is 24.9. The molecule has 0 unspecified atom stereocenters. The van der Waals surface area contributed by atoms with Crippen LogP contribution in [-0.4, -0.2) is 31.2 Å². The Morgan fingerprint density at radius 3 is 0.465 bits per heavy atom. The summed E-state index contributed by atoms with van der Waals surface area (Å²) in [5.41, 5.74) is 0. The molecule has 0 heterocycles. The molecule has 0 aliphatic carbocycles. The molecule has 0 N–H and O–H groups in total. The topological polar surface area (TPSA) is 0 Å². The van der Waals surface area contributed by atoms with Gasteiger partial charge in [0.15, 0.2) is 0 Å². The van der Waals surface area contributed by atoms with E-state index in [1.165, 1.54) is 409 Å². The lowest BCUT2D eigenvalue weighted by Crippen LogP contribution is -3.00. The molecule has 0 aromatic heterocycles. The molecule has 0 bridgehead atoms. The van der Waals surface area contributed by atoms with Crippen molar-refractivity contribution in [3.05, 3.63) is 0 Å². The van der Waals surface area contributed by atoms with Gasteiger partial charge in [-0.2, -0.15) is 0 Å². The van der Waals surface area contributed by atoms with Crippen molar-refractivity contribution < 1.29 is 16.9 Å². The normalized spacial score (nSPS) is 11.9. The largest absolute Gasteiger partial charge is 1.00 e. The van der Waals surface area contributed by atoms with Crippen LogP contribution >= 0.6 is 0 Å². The molecule has 430 valence electrons. The summed E-state index contributed by atoms with van der Waals surface area (Å²) in [7, 11) is 5.24. The molecule has 0 rings (SSSR count). The average molecular weight is 1020 g/mol. The first kappa shape index (κ1) is 73.3. The van der Waals surface area contributed by atoms with E-state index in [4.69, 9.17) is 0 Å². The van der Waals surface area contributed by atoms with Crippen molar-refractivity contribution in [2.45, 2.75) is 425 Å². The van der Waals surface area contributed by atoms with Crippen LogP contribution in [0.2, 0.25) is 0 Å². The molecule has 0 atom stereocenters. The second kappa shape index (κ2) is 64.5. The second-order valence-corrected chi connectivity index (χ2v) is 24.9. The van der Waals surface area contributed by atoms with Gasteiger partial charge in [0.2, 0.25) is 0 Å². The van der Waals surface area contributed by atoms with E-state index in [0.29, 0.717) is 0 Å². The molecule has 1 nitrogen and oxygen atoms in total. The summed E-state index contributed by atoms with van der Waals surface area (Å²) < 4.78 is 1.29. The SMILES string of the molecule is CCCCCCCCCCCCCCCCCCCCCCC(CCCCCCCCCCCCCCCCCCCCCC)[N+](C)(C)CCCCCCCCCCCCCCCCCCCCCC.[Cl-]. The smallest absolute Gasteiger partial charge is 0.0886 e. The summed E-state index contributed by atoms with van der Waals surface area (Å²) in [5.74, 6) is 0. The highest BCUT2D eigenvalue weighted by Crippen LogP contribution is 2.25. The van der Waals surface area contributed by atoms with Crippen molar-refractivity contribution >= 4 is 0 Å². The predicted molar refractivity (Wildman–Crippen MR) is 324 cm³/mol. The van der Waals surface area contributed by atoms with E-state index in [2.05, 4.69) is 34.9 Å². The van der Waals surface area contributed by atoms with E-state index < -0.39 is 0 Å². The van der Waals surface area contributed by atoms with E-state index >= 15 is 0 Å². The first-order valence-electron chi connectivity index (χ1n) is 34.4. The molecule has 2 heteroatoms. The maximum atomic E-state index is 2.62. The highest BCUT2D eigenvalue weighted by molar-refractivity contribution is 4.63. The number of quaternary nitrogens is 1. The number of hydrogen-bond donors (Lipinski definition) is 0. The van der Waals surface area contributed by atoms with Crippen molar-refractivity contribution in [1.82, 2.24) is 0 Å². The molecule has 71 heavy (non-hydrogen) atoms. The third-order valence-electron chi connectivity index (χ3n) is 17.4. The molecule has 0 aromatic rings. The molecule has 0 fully saturated rings. The van der Waals surface area contributed by atoms with E-state index in [1.54, 1.807) is 0 Å². The van der Waals surface area contributed by atoms with Crippen LogP contribution in [0, 0.1) is 0 Å². The van der Waals surface area contributed by atoms with Crippen LogP contribution in [0.15, 0.2) is 0 Å². The Hall–Kier alpha value is 0.250. The molecule has 0 radical (unpaired) electrons. The summed E-state index contributed by atoms with van der Waals surface area (Å²) in [4.78, 5) is 0. The standard InChI is InChI=1S/C69H142N.ClH/c1-6-9-12-15-18-21-24-27-30-33-36-39-42-45-48-51-54-57-60-63-66-69(67-64-61-58-55-52-49-46-43-40-37-34-31-28-25-22-19-16-13-10-7-2)70(4,5)68-65-62-59-56-53-50-47-44-41-38-35-32-29-26-23-20-17-14-11-8-3;/h69H,6-68H2,1-5H3;1H/q+1;/p-1. The zero-order chi connectivity index (χ0) is 50.6. The molecule has 0 amide bonds. The van der Waals surface area contributed by atoms with Gasteiger partial charge in [0.1, 0.15) is 0 Å². The Bertz CT molecular complexity index is 856. The van der Waals surface area contributed by atoms with E-state index in [0.717, 1.165) is 6.04 Å². The Morgan fingerprint density at radius 1 is 0.183 bits per heavy atom. The van der Waals surface area contributed by atoms with Crippen LogP contribution in [0.5, 0.6) is 0 Å². The van der Waals surface area contributed by atoms with Crippen molar-refractivity contribution in [1.29, 1.82) is 0 Å². The zero-order valence-electron chi connectivity index (χ0n) is 51.0. The Labute approximate surface area is 460 Å². The number of rotatable bonds is 64. The lowest BCUT2D eigenvalue weighted by Gasteiger charge is -2.39. The maximum absolute atomic E-state index is 2.62. The highest BCUT2D eigenvalue weighted by Gasteiger charge is 2.27. The molecule has 0 saturated heterocycles. The fourth-order valence-corrected chi connectivity index (χ4v) is 12.1. The van der Waals surface area contributed by atoms with Gasteiger partial charge in [0, 0.05) is 0 Å². The van der Waals surface area contributed by atoms with Gasteiger partial charge in [-0.05, 0) is 38.5 Å². The van der Waals surface area contributed by atoms with Gasteiger partial charge in [-0.1, -0.05) is 380 Å². The average Bonchev–Trinajstić information content (AvgIpc) is 3.36. The molecule has 0 saturated carbocycles. The summed E-state index contributed by atoms with van der Waals surface area (Å²) in [6, 6.07) is 0.881. The predicted octanol–water partition coefficient (Wildman–Crippen LogP) is 22.7. The highest BCUT2D eigenvalue weighted by atomic mass is 35.5. The van der Waals surface area contributed by atoms with Gasteiger partial charge in [-0.3, -0.25) is 0 Å². The van der Waals surface area contributed by atoms with Crippen LogP contribution < -0.4 is 12.4 Å². The third-order valence-corrected chi connectivity index (χ3v) is 17.4. The zero-order valence-corrected chi connectivity index (χ0v) is 51.7. The summed E-state index contributed by atoms with van der Waals surface area (Å²) in [6.45, 7) is 8.37. The monoisotopic (exact) mass is 1020 g/mol. The minimum atomic E-state index is 0. The van der Waals surface area contributed by atoms with Crippen LogP contribution in [-0.2, 0) is 0 Å². The van der Waals surface area contributed by atoms with Crippen LogP contribution in [0.1, 0.15) is 419 Å². The Kier molecular flexibility index (Phi) is 66.6. The lowest BCUT2D eigenvalue weighted by atomic mass is 9.96. The minimum Gasteiger partial charge on any atom is -1.00 e. The van der Waals surface area contributed by atoms with E-state index in [9.17, 15) is 0 Å². The molecule has 0 aromatic carbocycles. The first-order valence-corrected chi connectivity index (χ1v) is 34.4. The summed E-state index contributed by atoms with van der Waals surface area (Å²) in [6.07, 6.45) is 91.6. The quantitative estimate of drug-likeness (QED) is 0.0421. The van der Waals surface area contributed by atoms with Crippen molar-refractivity contribution in [2.24, 2.45) is 0 Å². The van der Waals surface area contributed by atoms with E-state index in [-0.39, 0.29) is 12.4 Å². The fraction of sp³-hybridized carbons (Fsp3) is 1.00. The van der Waals surface area contributed by atoms with Gasteiger partial charge >= 0.3 is 0 Å². The van der Waals surface area contributed by atoms with Crippen molar-refractivity contribution in [3.8, 4) is 0 Å². The van der Waals surface area contributed by atoms with Crippen LogP contribution in [0.3, 0.4) is 0 Å². The lowest BCUT2D eigenvalue weighted by molar-refractivity contribution is -0.916. The molecule has 0 aliphatic rings. The van der Waals surface area contributed by atoms with E-state index in [1.807, 2.05) is 0 Å². The summed E-state index contributed by atoms with van der Waals surface area (Å²) >= 11 is 0. The Balaban J connectivity index is 0. The molecular formula is C69H142ClN. The number of hydrogen-bond acceptors (Lipinski definition) is 0. The van der Waals surface area contributed by atoms with Crippen LogP contribution in [0.25, 0.3) is 0 Å². The van der Waals surface area contributed by atoms with Gasteiger partial charge < -0.3 is 16.9 Å². The minimum absolute atomic E-state index is 0. The van der Waals surface area contributed by atoms with Crippen LogP contribution in [0.4, 0.5) is 0 Å².